The average molecular weight is 268 g/mol. The monoisotopic (exact) mass is 268 g/mol. The first kappa shape index (κ1) is 12.4. The minimum Gasteiger partial charge on any atom is -0.492 e. The topological polar surface area (TPSA) is 83.7 Å². The molecule has 1 aromatic carbocycles. The molecule has 0 bridgehead atoms. The molecule has 2 N–H and O–H groups in total. The van der Waals surface area contributed by atoms with Gasteiger partial charge >= 0.3 is 5.97 Å². The van der Waals surface area contributed by atoms with Gasteiger partial charge in [-0.25, -0.2) is 9.78 Å². The Bertz CT molecular complexity index is 609. The fraction of sp³-hybridized carbons (Fsp3) is 0.273. The van der Waals surface area contributed by atoms with Gasteiger partial charge in [-0.3, -0.25) is 0 Å². The molecule has 0 spiro atoms. The summed E-state index contributed by atoms with van der Waals surface area (Å²) in [6.45, 7) is 0. The van der Waals surface area contributed by atoms with Crippen LogP contribution in [0.2, 0.25) is 0 Å². The number of ether oxygens (including phenoxy) is 3. The molecular formula is C11H12N2O4S. The highest BCUT2D eigenvalue weighted by molar-refractivity contribution is 7.22. The van der Waals surface area contributed by atoms with Crippen LogP contribution >= 0.6 is 11.3 Å². The smallest absolute Gasteiger partial charge is 0.341 e. The molecule has 7 heteroatoms. The first-order valence-corrected chi connectivity index (χ1v) is 5.83. The number of nitrogens with two attached hydrogens (primary N) is 1. The molecule has 1 aromatic heterocycles. The number of hydrogen-bond donors (Lipinski definition) is 1. The number of aromatic nitrogens is 1. The summed E-state index contributed by atoms with van der Waals surface area (Å²) in [4.78, 5) is 15.9. The Kier molecular flexibility index (Phi) is 3.24. The minimum atomic E-state index is -0.501. The van der Waals surface area contributed by atoms with Crippen molar-refractivity contribution in [2.75, 3.05) is 27.1 Å². The highest BCUT2D eigenvalue weighted by Gasteiger charge is 2.22. The lowest BCUT2D eigenvalue weighted by Crippen LogP contribution is -2.05. The molecule has 0 aliphatic rings. The van der Waals surface area contributed by atoms with Crippen LogP contribution in [0.25, 0.3) is 10.2 Å². The lowest BCUT2D eigenvalue weighted by molar-refractivity contribution is 0.0596. The summed E-state index contributed by atoms with van der Waals surface area (Å²) in [7, 11) is 4.24. The van der Waals surface area contributed by atoms with Crippen molar-refractivity contribution in [3.63, 3.8) is 0 Å². The van der Waals surface area contributed by atoms with Gasteiger partial charge in [0.1, 0.15) is 11.1 Å². The fourth-order valence-electron chi connectivity index (χ4n) is 1.69. The molecule has 1 heterocycles. The third-order valence-corrected chi connectivity index (χ3v) is 3.26. The molecule has 2 aromatic rings. The number of fused-ring (bicyclic) bond motifs is 1. The first-order valence-electron chi connectivity index (χ1n) is 5.01. The second-order valence-corrected chi connectivity index (χ2v) is 4.44. The van der Waals surface area contributed by atoms with Crippen LogP contribution in [-0.4, -0.2) is 32.3 Å². The van der Waals surface area contributed by atoms with Crippen molar-refractivity contribution >= 4 is 32.7 Å². The highest BCUT2D eigenvalue weighted by Crippen LogP contribution is 2.41. The van der Waals surface area contributed by atoms with E-state index >= 15 is 0 Å². The minimum absolute atomic E-state index is 0.285. The first-order chi connectivity index (χ1) is 8.62. The van der Waals surface area contributed by atoms with E-state index in [4.69, 9.17) is 19.9 Å². The summed E-state index contributed by atoms with van der Waals surface area (Å²) in [6.07, 6.45) is 0. The molecule has 2 rings (SSSR count). The van der Waals surface area contributed by atoms with Gasteiger partial charge in [-0.2, -0.15) is 0 Å². The van der Waals surface area contributed by atoms with Crippen LogP contribution in [0.15, 0.2) is 6.07 Å². The molecule has 96 valence electrons. The second-order valence-electron chi connectivity index (χ2n) is 3.38. The van der Waals surface area contributed by atoms with Gasteiger partial charge in [0.15, 0.2) is 16.6 Å². The van der Waals surface area contributed by atoms with E-state index in [0.29, 0.717) is 22.1 Å². The van der Waals surface area contributed by atoms with E-state index in [0.717, 1.165) is 4.70 Å². The van der Waals surface area contributed by atoms with Crippen molar-refractivity contribution in [1.29, 1.82) is 0 Å². The Balaban J connectivity index is 2.81. The van der Waals surface area contributed by atoms with Gasteiger partial charge < -0.3 is 19.9 Å². The normalized spacial score (nSPS) is 10.4. The quantitative estimate of drug-likeness (QED) is 0.853. The predicted molar refractivity (Wildman–Crippen MR) is 68.5 cm³/mol. The van der Waals surface area contributed by atoms with E-state index in [-0.39, 0.29) is 5.56 Å². The molecule has 0 aliphatic carbocycles. The van der Waals surface area contributed by atoms with Crippen molar-refractivity contribution in [2.45, 2.75) is 0 Å². The van der Waals surface area contributed by atoms with Gasteiger partial charge in [0.25, 0.3) is 0 Å². The van der Waals surface area contributed by atoms with Crippen LogP contribution in [0, 0.1) is 0 Å². The summed E-state index contributed by atoms with van der Waals surface area (Å²) in [5, 5.41) is 0.396. The molecule has 0 fully saturated rings. The Hall–Kier alpha value is -2.02. The Morgan fingerprint density at radius 1 is 1.28 bits per heavy atom. The molecule has 0 saturated carbocycles. The Morgan fingerprint density at radius 2 is 1.94 bits per heavy atom. The van der Waals surface area contributed by atoms with Crippen LogP contribution in [0.1, 0.15) is 10.4 Å². The molecule has 18 heavy (non-hydrogen) atoms. The van der Waals surface area contributed by atoms with Crippen molar-refractivity contribution in [3.05, 3.63) is 11.6 Å². The van der Waals surface area contributed by atoms with Gasteiger partial charge in [0.2, 0.25) is 0 Å². The van der Waals surface area contributed by atoms with Crippen LogP contribution in [-0.2, 0) is 4.74 Å². The van der Waals surface area contributed by atoms with Crippen LogP contribution in [0.5, 0.6) is 11.5 Å². The van der Waals surface area contributed by atoms with E-state index in [1.54, 1.807) is 6.07 Å². The Morgan fingerprint density at radius 3 is 2.50 bits per heavy atom. The zero-order valence-electron chi connectivity index (χ0n) is 10.1. The molecule has 0 unspecified atom stereocenters. The Labute approximate surface area is 107 Å². The molecule has 6 nitrogen and oxygen atoms in total. The summed E-state index contributed by atoms with van der Waals surface area (Å²) in [5.41, 5.74) is 6.52. The number of nitrogens with zero attached hydrogens (tertiary/aromatic N) is 1. The van der Waals surface area contributed by atoms with Crippen LogP contribution in [0.3, 0.4) is 0 Å². The number of esters is 1. The zero-order chi connectivity index (χ0) is 13.3. The molecule has 0 radical (unpaired) electrons. The van der Waals surface area contributed by atoms with Crippen LogP contribution < -0.4 is 15.2 Å². The largest absolute Gasteiger partial charge is 0.492 e. The van der Waals surface area contributed by atoms with Crippen molar-refractivity contribution in [1.82, 2.24) is 4.98 Å². The zero-order valence-corrected chi connectivity index (χ0v) is 11.0. The summed E-state index contributed by atoms with van der Waals surface area (Å²) in [6, 6.07) is 1.64. The van der Waals surface area contributed by atoms with Gasteiger partial charge in [-0.15, -0.1) is 0 Å². The van der Waals surface area contributed by atoms with E-state index < -0.39 is 5.97 Å². The maximum absolute atomic E-state index is 11.7. The number of nitrogen functional groups attached to an aromatic ring is 1. The SMILES string of the molecule is COC(=O)c1cc2sc(N)nc2c(OC)c1OC. The van der Waals surface area contributed by atoms with Crippen molar-refractivity contribution < 1.29 is 19.0 Å². The van der Waals surface area contributed by atoms with Gasteiger partial charge in [-0.05, 0) is 6.07 Å². The summed E-state index contributed by atoms with van der Waals surface area (Å²) >= 11 is 1.27. The third kappa shape index (κ3) is 1.82. The number of rotatable bonds is 3. The summed E-state index contributed by atoms with van der Waals surface area (Å²) < 4.78 is 15.9. The number of methoxy groups -OCH3 is 3. The molecule has 0 saturated heterocycles. The van der Waals surface area contributed by atoms with Crippen molar-refractivity contribution in [3.8, 4) is 11.5 Å². The number of anilines is 1. The molecule has 0 amide bonds. The lowest BCUT2D eigenvalue weighted by atomic mass is 10.1. The number of thiazole rings is 1. The van der Waals surface area contributed by atoms with Crippen LogP contribution in [0.4, 0.5) is 5.13 Å². The number of carbonyl (C=O) groups is 1. The number of hydrogen-bond acceptors (Lipinski definition) is 7. The molecule has 0 aliphatic heterocycles. The maximum atomic E-state index is 11.7. The third-order valence-electron chi connectivity index (χ3n) is 2.42. The van der Waals surface area contributed by atoms with Crippen molar-refractivity contribution in [2.24, 2.45) is 0 Å². The van der Waals surface area contributed by atoms with Gasteiger partial charge in [0, 0.05) is 0 Å². The standard InChI is InChI=1S/C11H12N2O4S/c1-15-8-5(10(14)17-3)4-6-7(9(8)16-2)13-11(12)18-6/h4H,1-3H3,(H2,12,13). The van der Waals surface area contributed by atoms with Gasteiger partial charge in [-0.1, -0.05) is 11.3 Å². The molecular weight excluding hydrogens is 256 g/mol. The van der Waals surface area contributed by atoms with E-state index in [1.165, 1.54) is 32.7 Å². The van der Waals surface area contributed by atoms with E-state index in [1.807, 2.05) is 0 Å². The second kappa shape index (κ2) is 4.69. The van der Waals surface area contributed by atoms with E-state index in [2.05, 4.69) is 4.98 Å². The summed E-state index contributed by atoms with van der Waals surface area (Å²) in [5.74, 6) is 0.171. The maximum Gasteiger partial charge on any atom is 0.341 e. The van der Waals surface area contributed by atoms with Gasteiger partial charge in [0.05, 0.1) is 26.0 Å². The fourth-order valence-corrected chi connectivity index (χ4v) is 2.46. The lowest BCUT2D eigenvalue weighted by Gasteiger charge is -2.11. The number of benzene rings is 1. The molecule has 0 atom stereocenters. The predicted octanol–water partition coefficient (Wildman–Crippen LogP) is 1.68. The average Bonchev–Trinajstić information content (AvgIpc) is 2.75. The van der Waals surface area contributed by atoms with E-state index in [9.17, 15) is 4.79 Å². The number of carbonyl (C=O) groups excluding carboxylic acids is 1. The highest BCUT2D eigenvalue weighted by atomic mass is 32.1.